The molecule has 1 atom stereocenters. The van der Waals surface area contributed by atoms with Gasteiger partial charge in [-0.15, -0.1) is 11.3 Å². The van der Waals surface area contributed by atoms with Gasteiger partial charge in [0.2, 0.25) is 0 Å². The number of aromatic nitrogens is 1. The van der Waals surface area contributed by atoms with Gasteiger partial charge in [-0.1, -0.05) is 13.8 Å². The molecule has 0 aromatic carbocycles. The summed E-state index contributed by atoms with van der Waals surface area (Å²) < 4.78 is 0. The van der Waals surface area contributed by atoms with Crippen LogP contribution in [0.5, 0.6) is 0 Å². The molecule has 90 valence electrons. The zero-order valence-corrected chi connectivity index (χ0v) is 11.0. The Labute approximate surface area is 101 Å². The van der Waals surface area contributed by atoms with Crippen molar-refractivity contribution < 1.29 is 5.11 Å². The minimum absolute atomic E-state index is 0.384. The van der Waals surface area contributed by atoms with E-state index >= 15 is 0 Å². The maximum atomic E-state index is 9.46. The summed E-state index contributed by atoms with van der Waals surface area (Å²) in [7, 11) is 0. The molecule has 1 N–H and O–H groups in total. The summed E-state index contributed by atoms with van der Waals surface area (Å²) in [4.78, 5) is 6.84. The van der Waals surface area contributed by atoms with E-state index in [0.717, 1.165) is 23.9 Å². The van der Waals surface area contributed by atoms with E-state index in [-0.39, 0.29) is 0 Å². The highest BCUT2D eigenvalue weighted by molar-refractivity contribution is 7.13. The summed E-state index contributed by atoms with van der Waals surface area (Å²) in [5, 5.41) is 12.5. The summed E-state index contributed by atoms with van der Waals surface area (Å²) in [5.74, 6) is 0. The summed E-state index contributed by atoms with van der Waals surface area (Å²) in [5.41, 5.74) is 1.18. The molecule has 0 amide bonds. The molecule has 1 aromatic heterocycles. The third kappa shape index (κ3) is 2.55. The molecule has 16 heavy (non-hydrogen) atoms. The quantitative estimate of drug-likeness (QED) is 0.863. The minimum atomic E-state index is -0.456. The maximum Gasteiger partial charge on any atom is 0.185 e. The molecule has 0 aliphatic carbocycles. The van der Waals surface area contributed by atoms with Crippen molar-refractivity contribution in [2.45, 2.75) is 39.7 Å². The number of rotatable bonds is 2. The Kier molecular flexibility index (Phi) is 3.22. The average molecular weight is 240 g/mol. The molecule has 1 saturated heterocycles. The number of thiazole rings is 1. The van der Waals surface area contributed by atoms with E-state index in [1.54, 1.807) is 18.3 Å². The summed E-state index contributed by atoms with van der Waals surface area (Å²) in [6.45, 7) is 8.54. The standard InChI is InChI=1S/C12H20N2OS/c1-9(15)10-7-16-11(13-10)14-6-4-5-12(2,3)8-14/h7,9,15H,4-6,8H2,1-3H3. The van der Waals surface area contributed by atoms with Gasteiger partial charge in [-0.2, -0.15) is 0 Å². The van der Waals surface area contributed by atoms with Crippen LogP contribution < -0.4 is 4.90 Å². The molecule has 2 heterocycles. The van der Waals surface area contributed by atoms with Crippen LogP contribution in [0.25, 0.3) is 0 Å². The van der Waals surface area contributed by atoms with E-state index in [9.17, 15) is 5.11 Å². The lowest BCUT2D eigenvalue weighted by Crippen LogP contribution is -2.40. The molecule has 1 aliphatic heterocycles. The van der Waals surface area contributed by atoms with Crippen molar-refractivity contribution >= 4 is 16.5 Å². The Morgan fingerprint density at radius 3 is 2.88 bits per heavy atom. The second-order valence-corrected chi connectivity index (χ2v) is 6.26. The van der Waals surface area contributed by atoms with Crippen molar-refractivity contribution in [1.29, 1.82) is 0 Å². The predicted molar refractivity (Wildman–Crippen MR) is 68.0 cm³/mol. The van der Waals surface area contributed by atoms with E-state index in [1.807, 2.05) is 5.38 Å². The monoisotopic (exact) mass is 240 g/mol. The van der Waals surface area contributed by atoms with Crippen LogP contribution in [0.4, 0.5) is 5.13 Å². The number of piperidine rings is 1. The van der Waals surface area contributed by atoms with Gasteiger partial charge in [0.05, 0.1) is 11.8 Å². The molecule has 0 bridgehead atoms. The van der Waals surface area contributed by atoms with Gasteiger partial charge in [-0.25, -0.2) is 4.98 Å². The first-order valence-corrected chi connectivity index (χ1v) is 6.74. The Balaban J connectivity index is 2.11. The van der Waals surface area contributed by atoms with Gasteiger partial charge in [-0.3, -0.25) is 0 Å². The number of hydrogen-bond donors (Lipinski definition) is 1. The second-order valence-electron chi connectivity index (χ2n) is 5.42. The van der Waals surface area contributed by atoms with Crippen molar-refractivity contribution in [3.05, 3.63) is 11.1 Å². The molecule has 0 saturated carbocycles. The van der Waals surface area contributed by atoms with Crippen LogP contribution in [-0.4, -0.2) is 23.2 Å². The van der Waals surface area contributed by atoms with E-state index < -0.39 is 6.10 Å². The lowest BCUT2D eigenvalue weighted by molar-refractivity contribution is 0.195. The highest BCUT2D eigenvalue weighted by Crippen LogP contribution is 2.33. The van der Waals surface area contributed by atoms with Crippen molar-refractivity contribution in [3.8, 4) is 0 Å². The third-order valence-corrected chi connectivity index (χ3v) is 4.03. The molecular formula is C12H20N2OS. The minimum Gasteiger partial charge on any atom is -0.387 e. The molecule has 4 heteroatoms. The fraction of sp³-hybridized carbons (Fsp3) is 0.750. The number of anilines is 1. The lowest BCUT2D eigenvalue weighted by Gasteiger charge is -2.37. The van der Waals surface area contributed by atoms with Crippen LogP contribution in [-0.2, 0) is 0 Å². The van der Waals surface area contributed by atoms with Crippen LogP contribution in [0, 0.1) is 5.41 Å². The van der Waals surface area contributed by atoms with Gasteiger partial charge in [0, 0.05) is 18.5 Å². The van der Waals surface area contributed by atoms with Crippen molar-refractivity contribution in [2.24, 2.45) is 5.41 Å². The van der Waals surface area contributed by atoms with E-state index in [2.05, 4.69) is 23.7 Å². The first kappa shape index (κ1) is 11.9. The van der Waals surface area contributed by atoms with Gasteiger partial charge < -0.3 is 10.0 Å². The fourth-order valence-corrected chi connectivity index (χ4v) is 3.14. The summed E-state index contributed by atoms with van der Waals surface area (Å²) in [6.07, 6.45) is 2.07. The van der Waals surface area contributed by atoms with Gasteiger partial charge in [0.1, 0.15) is 0 Å². The topological polar surface area (TPSA) is 36.4 Å². The smallest absolute Gasteiger partial charge is 0.185 e. The SMILES string of the molecule is CC(O)c1csc(N2CCCC(C)(C)C2)n1. The van der Waals surface area contributed by atoms with Crippen molar-refractivity contribution in [1.82, 2.24) is 4.98 Å². The van der Waals surface area contributed by atoms with Crippen LogP contribution in [0.3, 0.4) is 0 Å². The largest absolute Gasteiger partial charge is 0.387 e. The van der Waals surface area contributed by atoms with Crippen LogP contribution in [0.15, 0.2) is 5.38 Å². The molecule has 1 unspecified atom stereocenters. The molecule has 0 radical (unpaired) electrons. The second kappa shape index (κ2) is 4.34. The Bertz CT molecular complexity index is 360. The first-order valence-electron chi connectivity index (χ1n) is 5.86. The maximum absolute atomic E-state index is 9.46. The Morgan fingerprint density at radius 1 is 1.56 bits per heavy atom. The zero-order valence-electron chi connectivity index (χ0n) is 10.2. The van der Waals surface area contributed by atoms with Gasteiger partial charge in [-0.05, 0) is 25.2 Å². The lowest BCUT2D eigenvalue weighted by atomic mass is 9.84. The summed E-state index contributed by atoms with van der Waals surface area (Å²) in [6, 6.07) is 0. The third-order valence-electron chi connectivity index (χ3n) is 3.11. The fourth-order valence-electron chi connectivity index (χ4n) is 2.20. The molecule has 0 spiro atoms. The molecule has 1 aliphatic rings. The number of aliphatic hydroxyl groups excluding tert-OH is 1. The first-order chi connectivity index (χ1) is 7.48. The normalized spacial score (nSPS) is 22.1. The van der Waals surface area contributed by atoms with Crippen LogP contribution in [0.1, 0.15) is 45.4 Å². The Hall–Kier alpha value is -0.610. The number of aliphatic hydroxyl groups is 1. The van der Waals surface area contributed by atoms with Crippen molar-refractivity contribution in [3.63, 3.8) is 0 Å². The molecule has 1 aromatic rings. The van der Waals surface area contributed by atoms with E-state index in [1.165, 1.54) is 12.8 Å². The molecule has 2 rings (SSSR count). The van der Waals surface area contributed by atoms with Crippen LogP contribution >= 0.6 is 11.3 Å². The predicted octanol–water partition coefficient (Wildman–Crippen LogP) is 2.82. The van der Waals surface area contributed by atoms with Crippen LogP contribution in [0.2, 0.25) is 0 Å². The molecular weight excluding hydrogens is 220 g/mol. The molecule has 1 fully saturated rings. The van der Waals surface area contributed by atoms with E-state index in [0.29, 0.717) is 5.41 Å². The van der Waals surface area contributed by atoms with Gasteiger partial charge in [0.15, 0.2) is 5.13 Å². The average Bonchev–Trinajstić information content (AvgIpc) is 2.64. The van der Waals surface area contributed by atoms with E-state index in [4.69, 9.17) is 0 Å². The molecule has 3 nitrogen and oxygen atoms in total. The number of hydrogen-bond acceptors (Lipinski definition) is 4. The summed E-state index contributed by atoms with van der Waals surface area (Å²) >= 11 is 1.64. The van der Waals surface area contributed by atoms with Crippen molar-refractivity contribution in [2.75, 3.05) is 18.0 Å². The Morgan fingerprint density at radius 2 is 2.31 bits per heavy atom. The van der Waals surface area contributed by atoms with Gasteiger partial charge >= 0.3 is 0 Å². The highest BCUT2D eigenvalue weighted by Gasteiger charge is 2.27. The number of nitrogens with zero attached hydrogens (tertiary/aromatic N) is 2. The highest BCUT2D eigenvalue weighted by atomic mass is 32.1. The van der Waals surface area contributed by atoms with Gasteiger partial charge in [0.25, 0.3) is 0 Å². The zero-order chi connectivity index (χ0) is 11.8.